The van der Waals surface area contributed by atoms with Crippen LogP contribution >= 0.6 is 0 Å². The summed E-state index contributed by atoms with van der Waals surface area (Å²) in [7, 11) is 0. The van der Waals surface area contributed by atoms with Crippen molar-refractivity contribution < 1.29 is 4.79 Å². The second kappa shape index (κ2) is 5.78. The van der Waals surface area contributed by atoms with Crippen LogP contribution in [0.15, 0.2) is 48.5 Å². The van der Waals surface area contributed by atoms with Crippen LogP contribution < -0.4 is 0 Å². The van der Waals surface area contributed by atoms with E-state index >= 15 is 0 Å². The summed E-state index contributed by atoms with van der Waals surface area (Å²) in [6, 6.07) is 16.8. The number of carbonyl (C=O) groups excluding carboxylic acids is 1. The van der Waals surface area contributed by atoms with Crippen molar-refractivity contribution in [2.24, 2.45) is 0 Å². The molecule has 3 aromatic carbocycles. The van der Waals surface area contributed by atoms with E-state index < -0.39 is 0 Å². The summed E-state index contributed by atoms with van der Waals surface area (Å²) in [5.41, 5.74) is 2.17. The second-order valence-corrected chi connectivity index (χ2v) is 6.43. The summed E-state index contributed by atoms with van der Waals surface area (Å²) in [6.45, 7) is 4.63. The van der Waals surface area contributed by atoms with Crippen molar-refractivity contribution in [3.63, 3.8) is 0 Å². The third kappa shape index (κ3) is 2.34. The largest absolute Gasteiger partial charge is 0.293 e. The maximum Gasteiger partial charge on any atom is 0.177 e. The molecule has 2 nitrogen and oxygen atoms in total. The van der Waals surface area contributed by atoms with Crippen LogP contribution in [0.4, 0.5) is 0 Å². The molecule has 0 N–H and O–H groups in total. The van der Waals surface area contributed by atoms with Crippen LogP contribution in [0.2, 0.25) is 0 Å². The molecule has 3 aromatic rings. The van der Waals surface area contributed by atoms with Gasteiger partial charge >= 0.3 is 0 Å². The van der Waals surface area contributed by atoms with Crippen molar-refractivity contribution in [3.8, 4) is 0 Å². The molecule has 2 heteroatoms. The van der Waals surface area contributed by atoms with E-state index in [2.05, 4.69) is 54.3 Å². The molecule has 0 bridgehead atoms. The summed E-state index contributed by atoms with van der Waals surface area (Å²) in [4.78, 5) is 15.2. The van der Waals surface area contributed by atoms with Crippen LogP contribution in [0.3, 0.4) is 0 Å². The van der Waals surface area contributed by atoms with Crippen LogP contribution in [0.5, 0.6) is 0 Å². The van der Waals surface area contributed by atoms with Crippen molar-refractivity contribution in [3.05, 3.63) is 59.7 Å². The minimum atomic E-state index is 0.268. The molecule has 0 saturated carbocycles. The maximum atomic E-state index is 12.9. The topological polar surface area (TPSA) is 20.3 Å². The highest BCUT2D eigenvalue weighted by Crippen LogP contribution is 2.35. The molecular weight excluding hydrogens is 282 g/mol. The highest BCUT2D eigenvalue weighted by molar-refractivity contribution is 6.20. The van der Waals surface area contributed by atoms with Crippen LogP contribution in [0.1, 0.15) is 35.7 Å². The molecule has 0 aromatic heterocycles. The van der Waals surface area contributed by atoms with Gasteiger partial charge in [-0.15, -0.1) is 0 Å². The van der Waals surface area contributed by atoms with Gasteiger partial charge in [0.1, 0.15) is 0 Å². The quantitative estimate of drug-likeness (QED) is 0.648. The predicted molar refractivity (Wildman–Crippen MR) is 96.0 cm³/mol. The molecule has 4 rings (SSSR count). The van der Waals surface area contributed by atoms with Gasteiger partial charge in [-0.2, -0.15) is 0 Å². The first-order valence-corrected chi connectivity index (χ1v) is 8.47. The Labute approximate surface area is 136 Å². The smallest absolute Gasteiger partial charge is 0.177 e. The average Bonchev–Trinajstić information content (AvgIpc) is 2.60. The number of hydrogen-bond donors (Lipinski definition) is 0. The number of hydrogen-bond acceptors (Lipinski definition) is 2. The van der Waals surface area contributed by atoms with E-state index in [4.69, 9.17) is 0 Å². The number of fused-ring (bicyclic) bond motifs is 6. The van der Waals surface area contributed by atoms with E-state index in [1.807, 2.05) is 6.07 Å². The fraction of sp³-hybridized carbons (Fsp3) is 0.286. The first kappa shape index (κ1) is 14.4. The molecule has 0 saturated heterocycles. The van der Waals surface area contributed by atoms with E-state index in [0.717, 1.165) is 36.9 Å². The van der Waals surface area contributed by atoms with Gasteiger partial charge in [0.25, 0.3) is 0 Å². The Balaban J connectivity index is 1.99. The first-order chi connectivity index (χ1) is 11.3. The van der Waals surface area contributed by atoms with E-state index in [1.54, 1.807) is 0 Å². The number of carbonyl (C=O) groups is 1. The maximum absolute atomic E-state index is 12.9. The molecule has 0 radical (unpaired) electrons. The summed E-state index contributed by atoms with van der Waals surface area (Å²) < 4.78 is 0. The Kier molecular flexibility index (Phi) is 3.62. The summed E-state index contributed by atoms with van der Waals surface area (Å²) in [5.74, 6) is 0.268. The summed E-state index contributed by atoms with van der Waals surface area (Å²) in [6.07, 6.45) is 2.31. The SMILES string of the molecule is CCCCN1CC(=O)c2c(c3ccccc3c3ccccc23)C1. The van der Waals surface area contributed by atoms with Crippen LogP contribution in [0, 0.1) is 0 Å². The molecule has 1 aliphatic rings. The zero-order valence-electron chi connectivity index (χ0n) is 13.5. The standard InChI is InChI=1S/C21H21NO/c1-2-3-12-22-13-19-17-10-5-4-8-15(17)16-9-6-7-11-18(16)21(19)20(23)14-22/h4-11H,2-3,12-14H2,1H3. The lowest BCUT2D eigenvalue weighted by Gasteiger charge is -2.29. The number of ketones is 1. The van der Waals surface area contributed by atoms with Gasteiger partial charge in [0.15, 0.2) is 5.78 Å². The van der Waals surface area contributed by atoms with E-state index in [-0.39, 0.29) is 5.78 Å². The van der Waals surface area contributed by atoms with E-state index in [9.17, 15) is 4.79 Å². The average molecular weight is 303 g/mol. The van der Waals surface area contributed by atoms with Crippen LogP contribution in [-0.4, -0.2) is 23.8 Å². The summed E-state index contributed by atoms with van der Waals surface area (Å²) in [5, 5.41) is 4.79. The number of unbranched alkanes of at least 4 members (excludes halogenated alkanes) is 1. The van der Waals surface area contributed by atoms with E-state index in [0.29, 0.717) is 6.54 Å². The Morgan fingerprint density at radius 1 is 0.870 bits per heavy atom. The van der Waals surface area contributed by atoms with Crippen LogP contribution in [-0.2, 0) is 6.54 Å². The second-order valence-electron chi connectivity index (χ2n) is 6.43. The van der Waals surface area contributed by atoms with Gasteiger partial charge in [-0.25, -0.2) is 0 Å². The Morgan fingerprint density at radius 3 is 2.17 bits per heavy atom. The zero-order chi connectivity index (χ0) is 15.8. The molecular formula is C21H21NO. The highest BCUT2D eigenvalue weighted by atomic mass is 16.1. The van der Waals surface area contributed by atoms with Gasteiger partial charge in [-0.3, -0.25) is 9.69 Å². The van der Waals surface area contributed by atoms with Gasteiger partial charge < -0.3 is 0 Å². The van der Waals surface area contributed by atoms with Gasteiger partial charge in [0, 0.05) is 12.1 Å². The van der Waals surface area contributed by atoms with Crippen molar-refractivity contribution in [2.75, 3.05) is 13.1 Å². The zero-order valence-corrected chi connectivity index (χ0v) is 13.5. The predicted octanol–water partition coefficient (Wildman–Crippen LogP) is 4.79. The van der Waals surface area contributed by atoms with Crippen molar-refractivity contribution in [1.82, 2.24) is 4.90 Å². The molecule has 23 heavy (non-hydrogen) atoms. The van der Waals surface area contributed by atoms with E-state index in [1.165, 1.54) is 21.7 Å². The lowest BCUT2D eigenvalue weighted by Crippen LogP contribution is -2.36. The van der Waals surface area contributed by atoms with Crippen LogP contribution in [0.25, 0.3) is 21.5 Å². The van der Waals surface area contributed by atoms with Gasteiger partial charge in [-0.05, 0) is 40.1 Å². The lowest BCUT2D eigenvalue weighted by molar-refractivity contribution is 0.0903. The molecule has 0 spiro atoms. The molecule has 0 unspecified atom stereocenters. The number of nitrogens with zero attached hydrogens (tertiary/aromatic N) is 1. The fourth-order valence-electron chi connectivity index (χ4n) is 3.80. The minimum absolute atomic E-state index is 0.268. The Bertz CT molecular complexity index is 897. The number of Topliss-reactive ketones (excluding diaryl/α,β-unsaturated/α-hetero) is 1. The number of rotatable bonds is 3. The normalized spacial score (nSPS) is 15.3. The molecule has 0 fully saturated rings. The van der Waals surface area contributed by atoms with Crippen molar-refractivity contribution in [1.29, 1.82) is 0 Å². The lowest BCUT2D eigenvalue weighted by atomic mass is 9.87. The molecule has 1 heterocycles. The highest BCUT2D eigenvalue weighted by Gasteiger charge is 2.26. The van der Waals surface area contributed by atoms with Gasteiger partial charge in [0.05, 0.1) is 6.54 Å². The third-order valence-electron chi connectivity index (χ3n) is 4.90. The molecule has 0 aliphatic carbocycles. The first-order valence-electron chi connectivity index (χ1n) is 8.47. The summed E-state index contributed by atoms with van der Waals surface area (Å²) >= 11 is 0. The van der Waals surface area contributed by atoms with Gasteiger partial charge in [-0.1, -0.05) is 61.9 Å². The third-order valence-corrected chi connectivity index (χ3v) is 4.90. The minimum Gasteiger partial charge on any atom is -0.293 e. The molecule has 0 amide bonds. The fourth-order valence-corrected chi connectivity index (χ4v) is 3.80. The van der Waals surface area contributed by atoms with Crippen molar-refractivity contribution >= 4 is 27.3 Å². The van der Waals surface area contributed by atoms with Crippen molar-refractivity contribution in [2.45, 2.75) is 26.3 Å². The molecule has 1 aliphatic heterocycles. The van der Waals surface area contributed by atoms with Gasteiger partial charge in [0.2, 0.25) is 0 Å². The molecule has 0 atom stereocenters. The Morgan fingerprint density at radius 2 is 1.48 bits per heavy atom. The monoisotopic (exact) mass is 303 g/mol. The Hall–Kier alpha value is -2.19. The molecule has 116 valence electrons. The number of benzene rings is 3.